The summed E-state index contributed by atoms with van der Waals surface area (Å²) in [6.45, 7) is 9.89. The van der Waals surface area contributed by atoms with Crippen molar-refractivity contribution in [1.29, 1.82) is 0 Å². The Morgan fingerprint density at radius 1 is 1.15 bits per heavy atom. The van der Waals surface area contributed by atoms with Gasteiger partial charge in [-0.2, -0.15) is 0 Å². The fourth-order valence-electron chi connectivity index (χ4n) is 5.06. The highest BCUT2D eigenvalue weighted by molar-refractivity contribution is 6.15. The molecule has 0 bridgehead atoms. The molecule has 0 radical (unpaired) electrons. The van der Waals surface area contributed by atoms with Gasteiger partial charge in [0.2, 0.25) is 17.7 Å². The summed E-state index contributed by atoms with van der Waals surface area (Å²) in [6.07, 6.45) is 0.700. The average molecular weight is 369 g/mol. The fourth-order valence-corrected chi connectivity index (χ4v) is 5.06. The molecule has 1 aromatic carbocycles. The van der Waals surface area contributed by atoms with Crippen molar-refractivity contribution in [3.05, 3.63) is 29.3 Å². The average Bonchev–Trinajstić information content (AvgIpc) is 3.20. The van der Waals surface area contributed by atoms with Crippen molar-refractivity contribution in [3.63, 3.8) is 0 Å². The summed E-state index contributed by atoms with van der Waals surface area (Å²) in [6, 6.07) is 5.39. The minimum atomic E-state index is -1.17. The van der Waals surface area contributed by atoms with Gasteiger partial charge in [-0.1, -0.05) is 38.5 Å². The number of imide groups is 1. The molecular weight excluding hydrogens is 342 g/mol. The molecule has 3 aliphatic rings. The van der Waals surface area contributed by atoms with Crippen LogP contribution in [0.15, 0.2) is 18.2 Å². The molecule has 3 amide bonds. The molecule has 1 aromatic rings. The van der Waals surface area contributed by atoms with E-state index in [0.29, 0.717) is 6.42 Å². The van der Waals surface area contributed by atoms with E-state index in [1.165, 1.54) is 4.90 Å². The van der Waals surface area contributed by atoms with Crippen LogP contribution in [0.2, 0.25) is 0 Å². The number of carbonyl (C=O) groups is 3. The van der Waals surface area contributed by atoms with Gasteiger partial charge >= 0.3 is 0 Å². The monoisotopic (exact) mass is 369 g/mol. The van der Waals surface area contributed by atoms with Crippen LogP contribution in [-0.4, -0.2) is 34.7 Å². The Labute approximate surface area is 159 Å². The highest BCUT2D eigenvalue weighted by Gasteiger charge is 2.71. The quantitative estimate of drug-likeness (QED) is 0.801. The molecule has 2 saturated heterocycles. The third-order valence-corrected chi connectivity index (χ3v) is 6.59. The lowest BCUT2D eigenvalue weighted by atomic mass is 9.75. The summed E-state index contributed by atoms with van der Waals surface area (Å²) in [7, 11) is 0. The second kappa shape index (κ2) is 5.89. The molecule has 4 rings (SSSR count). The number of carbonyl (C=O) groups excluding carboxylic acids is 3. The lowest BCUT2D eigenvalue weighted by molar-refractivity contribution is -0.145. The summed E-state index contributed by atoms with van der Waals surface area (Å²) < 4.78 is 0. The molecule has 5 atom stereocenters. The van der Waals surface area contributed by atoms with Gasteiger partial charge in [0.05, 0.1) is 11.8 Å². The number of nitrogens with zero attached hydrogens (tertiary/aromatic N) is 1. The van der Waals surface area contributed by atoms with Crippen LogP contribution in [0.5, 0.6) is 0 Å². The van der Waals surface area contributed by atoms with Gasteiger partial charge < -0.3 is 5.32 Å². The van der Waals surface area contributed by atoms with Crippen molar-refractivity contribution < 1.29 is 14.4 Å². The van der Waals surface area contributed by atoms with Gasteiger partial charge in [0.15, 0.2) is 0 Å². The first-order valence-electron chi connectivity index (χ1n) is 9.81. The van der Waals surface area contributed by atoms with Gasteiger partial charge in [-0.3, -0.25) is 24.6 Å². The van der Waals surface area contributed by atoms with Gasteiger partial charge in [0, 0.05) is 23.3 Å². The number of anilines is 1. The fraction of sp³-hybridized carbons (Fsp3) is 0.571. The Bertz CT molecular complexity index is 849. The van der Waals surface area contributed by atoms with E-state index in [4.69, 9.17) is 0 Å². The summed E-state index contributed by atoms with van der Waals surface area (Å²) in [5.74, 6) is -1.69. The normalized spacial score (nSPS) is 33.0. The third-order valence-electron chi connectivity index (χ3n) is 6.59. The van der Waals surface area contributed by atoms with E-state index in [-0.39, 0.29) is 35.7 Å². The van der Waals surface area contributed by atoms with Crippen molar-refractivity contribution in [1.82, 2.24) is 10.2 Å². The van der Waals surface area contributed by atoms with Gasteiger partial charge in [0.25, 0.3) is 0 Å². The maximum atomic E-state index is 13.5. The van der Waals surface area contributed by atoms with E-state index in [0.717, 1.165) is 16.8 Å². The van der Waals surface area contributed by atoms with Crippen LogP contribution in [0.1, 0.15) is 45.2 Å². The highest BCUT2D eigenvalue weighted by Crippen LogP contribution is 2.54. The molecule has 2 N–H and O–H groups in total. The molecule has 0 saturated carbocycles. The molecule has 6 nitrogen and oxygen atoms in total. The molecule has 0 aromatic heterocycles. The zero-order valence-corrected chi connectivity index (χ0v) is 16.5. The Kier molecular flexibility index (Phi) is 3.97. The van der Waals surface area contributed by atoms with Crippen LogP contribution < -0.4 is 10.6 Å². The number of benzene rings is 1. The van der Waals surface area contributed by atoms with Gasteiger partial charge in [0.1, 0.15) is 5.54 Å². The van der Waals surface area contributed by atoms with Crippen LogP contribution >= 0.6 is 0 Å². The predicted octanol–water partition coefficient (Wildman–Crippen LogP) is 2.17. The van der Waals surface area contributed by atoms with Crippen LogP contribution in [0.3, 0.4) is 0 Å². The lowest BCUT2D eigenvalue weighted by Crippen LogP contribution is -2.54. The first-order valence-corrected chi connectivity index (χ1v) is 9.81. The van der Waals surface area contributed by atoms with E-state index in [9.17, 15) is 14.4 Å². The Morgan fingerprint density at radius 2 is 1.85 bits per heavy atom. The van der Waals surface area contributed by atoms with E-state index >= 15 is 0 Å². The largest absolute Gasteiger partial charge is 0.324 e. The van der Waals surface area contributed by atoms with Crippen LogP contribution in [0.4, 0.5) is 5.69 Å². The van der Waals surface area contributed by atoms with E-state index in [1.54, 1.807) is 0 Å². The molecule has 1 spiro atoms. The van der Waals surface area contributed by atoms with Crippen LogP contribution in [0.25, 0.3) is 0 Å². The molecular formula is C21H27N3O3. The van der Waals surface area contributed by atoms with Crippen molar-refractivity contribution in [2.75, 3.05) is 5.32 Å². The maximum Gasteiger partial charge on any atom is 0.250 e. The second-order valence-corrected chi connectivity index (χ2v) is 8.53. The molecule has 3 heterocycles. The summed E-state index contributed by atoms with van der Waals surface area (Å²) in [5, 5.41) is 6.40. The Hall–Kier alpha value is -2.21. The number of likely N-dealkylation sites (tertiary alicyclic amines) is 1. The molecule has 6 heteroatoms. The first kappa shape index (κ1) is 18.2. The van der Waals surface area contributed by atoms with E-state index < -0.39 is 17.4 Å². The standard InChI is InChI=1S/C21H27N3O3/c1-6-12(5)24-18(25)15-16(19(24)26)21(23-17(15)10(2)3)13-9-11(4)7-8-14(13)22-20(21)27/h7-10,12,15-17,23H,6H2,1-5H3,(H,22,27)/t12-,15+,16+,17-,21-/m1/s1. The minimum Gasteiger partial charge on any atom is -0.324 e. The number of hydrogen-bond acceptors (Lipinski definition) is 4. The molecule has 2 fully saturated rings. The van der Waals surface area contributed by atoms with Gasteiger partial charge in [-0.25, -0.2) is 0 Å². The van der Waals surface area contributed by atoms with Crippen LogP contribution in [0, 0.1) is 24.7 Å². The number of hydrogen-bond donors (Lipinski definition) is 2. The number of nitrogens with one attached hydrogen (secondary N) is 2. The van der Waals surface area contributed by atoms with Crippen molar-refractivity contribution in [2.45, 2.75) is 58.7 Å². The summed E-state index contributed by atoms with van der Waals surface area (Å²) >= 11 is 0. The highest BCUT2D eigenvalue weighted by atomic mass is 16.2. The zero-order valence-electron chi connectivity index (χ0n) is 16.5. The zero-order chi connectivity index (χ0) is 19.7. The third kappa shape index (κ3) is 2.19. The Morgan fingerprint density at radius 3 is 2.48 bits per heavy atom. The van der Waals surface area contributed by atoms with Gasteiger partial charge in [-0.05, 0) is 32.3 Å². The maximum absolute atomic E-state index is 13.5. The van der Waals surface area contributed by atoms with E-state index in [1.807, 2.05) is 52.8 Å². The van der Waals surface area contributed by atoms with Gasteiger partial charge in [-0.15, -0.1) is 0 Å². The first-order chi connectivity index (χ1) is 12.7. The number of rotatable bonds is 3. The summed E-state index contributed by atoms with van der Waals surface area (Å²) in [5.41, 5.74) is 1.36. The molecule has 0 aliphatic carbocycles. The van der Waals surface area contributed by atoms with E-state index in [2.05, 4.69) is 10.6 Å². The number of fused-ring (bicyclic) bond motifs is 4. The second-order valence-electron chi connectivity index (χ2n) is 8.53. The van der Waals surface area contributed by atoms with Crippen molar-refractivity contribution in [3.8, 4) is 0 Å². The Balaban J connectivity index is 1.92. The topological polar surface area (TPSA) is 78.5 Å². The number of amides is 3. The predicted molar refractivity (Wildman–Crippen MR) is 102 cm³/mol. The molecule has 3 aliphatic heterocycles. The smallest absolute Gasteiger partial charge is 0.250 e. The summed E-state index contributed by atoms with van der Waals surface area (Å²) in [4.78, 5) is 41.4. The molecule has 27 heavy (non-hydrogen) atoms. The molecule has 0 unspecified atom stereocenters. The van der Waals surface area contributed by atoms with Crippen molar-refractivity contribution in [2.24, 2.45) is 17.8 Å². The van der Waals surface area contributed by atoms with Crippen molar-refractivity contribution >= 4 is 23.4 Å². The minimum absolute atomic E-state index is 0.118. The lowest BCUT2D eigenvalue weighted by Gasteiger charge is -2.32. The van der Waals surface area contributed by atoms with Crippen LogP contribution in [-0.2, 0) is 19.9 Å². The number of aryl methyl sites for hydroxylation is 1. The molecule has 144 valence electrons. The SMILES string of the molecule is CC[C@@H](C)N1C(=O)[C@@H]2[C@@H](C(C)C)N[C@@]3(C(=O)Nc4ccc(C)cc43)[C@@H]2C1=O.